The van der Waals surface area contributed by atoms with Crippen LogP contribution in [0.2, 0.25) is 0 Å². The number of aromatic nitrogens is 2. The summed E-state index contributed by atoms with van der Waals surface area (Å²) in [5.41, 5.74) is 2.99. The second-order valence-electron chi connectivity index (χ2n) is 7.26. The molecule has 1 aromatic heterocycles. The first-order valence-corrected chi connectivity index (χ1v) is 9.62. The van der Waals surface area contributed by atoms with E-state index in [1.807, 2.05) is 60.0 Å². The zero-order chi connectivity index (χ0) is 18.6. The maximum absolute atomic E-state index is 12.6. The molecule has 0 radical (unpaired) electrons. The van der Waals surface area contributed by atoms with Crippen molar-refractivity contribution in [3.8, 4) is 5.75 Å². The lowest BCUT2D eigenvalue weighted by atomic mass is 10.2. The Hall–Kier alpha value is -2.82. The topological polar surface area (TPSA) is 56.2 Å². The summed E-state index contributed by atoms with van der Waals surface area (Å²) in [5, 5.41) is 3.16. The summed E-state index contributed by atoms with van der Waals surface area (Å²) in [7, 11) is 0. The Labute approximate surface area is 159 Å². The number of aryl methyl sites for hydroxylation is 1. The van der Waals surface area contributed by atoms with E-state index in [0.29, 0.717) is 12.6 Å². The van der Waals surface area contributed by atoms with E-state index in [1.54, 1.807) is 0 Å². The van der Waals surface area contributed by atoms with Crippen molar-refractivity contribution in [2.45, 2.75) is 51.8 Å². The SMILES string of the molecule is Cc1cccc(OCc2nc3ccccc3n2CC(=O)NC2CCCC2)c1. The molecule has 1 N–H and O–H groups in total. The number of fused-ring (bicyclic) bond motifs is 1. The zero-order valence-corrected chi connectivity index (χ0v) is 15.6. The number of hydrogen-bond donors (Lipinski definition) is 1. The van der Waals surface area contributed by atoms with Crippen LogP contribution >= 0.6 is 0 Å². The number of hydrogen-bond acceptors (Lipinski definition) is 3. The highest BCUT2D eigenvalue weighted by atomic mass is 16.5. The second kappa shape index (κ2) is 7.82. The van der Waals surface area contributed by atoms with Crippen LogP contribution in [0.25, 0.3) is 11.0 Å². The van der Waals surface area contributed by atoms with E-state index in [1.165, 1.54) is 12.8 Å². The standard InChI is InChI=1S/C22H25N3O2/c1-16-7-6-10-18(13-16)27-15-21-24-19-11-4-5-12-20(19)25(21)14-22(26)23-17-8-2-3-9-17/h4-7,10-13,17H,2-3,8-9,14-15H2,1H3,(H,23,26). The van der Waals surface area contributed by atoms with E-state index in [2.05, 4.69) is 5.32 Å². The molecule has 0 spiro atoms. The monoisotopic (exact) mass is 363 g/mol. The molecule has 3 aromatic rings. The fraction of sp³-hybridized carbons (Fsp3) is 0.364. The number of amides is 1. The largest absolute Gasteiger partial charge is 0.486 e. The molecule has 4 rings (SSSR count). The molecule has 0 saturated heterocycles. The van der Waals surface area contributed by atoms with Crippen LogP contribution in [0.4, 0.5) is 0 Å². The van der Waals surface area contributed by atoms with Gasteiger partial charge in [0.25, 0.3) is 0 Å². The average molecular weight is 363 g/mol. The van der Waals surface area contributed by atoms with Crippen molar-refractivity contribution in [2.75, 3.05) is 0 Å². The van der Waals surface area contributed by atoms with Crippen LogP contribution in [0.1, 0.15) is 37.1 Å². The van der Waals surface area contributed by atoms with Gasteiger partial charge in [0.2, 0.25) is 5.91 Å². The van der Waals surface area contributed by atoms with Gasteiger partial charge in [-0.1, -0.05) is 37.1 Å². The number of ether oxygens (including phenoxy) is 1. The lowest BCUT2D eigenvalue weighted by Crippen LogP contribution is -2.35. The van der Waals surface area contributed by atoms with E-state index >= 15 is 0 Å². The van der Waals surface area contributed by atoms with Gasteiger partial charge in [-0.15, -0.1) is 0 Å². The molecule has 5 heteroatoms. The molecule has 1 aliphatic rings. The molecule has 27 heavy (non-hydrogen) atoms. The van der Waals surface area contributed by atoms with Crippen molar-refractivity contribution in [1.29, 1.82) is 0 Å². The number of nitrogens with zero attached hydrogens (tertiary/aromatic N) is 2. The third kappa shape index (κ3) is 4.13. The van der Waals surface area contributed by atoms with E-state index in [0.717, 1.165) is 41.0 Å². The van der Waals surface area contributed by atoms with Gasteiger partial charge < -0.3 is 14.6 Å². The first kappa shape index (κ1) is 17.6. The van der Waals surface area contributed by atoms with Gasteiger partial charge in [0.15, 0.2) is 0 Å². The molecule has 1 saturated carbocycles. The smallest absolute Gasteiger partial charge is 0.240 e. The number of rotatable bonds is 6. The van der Waals surface area contributed by atoms with Crippen LogP contribution in [0, 0.1) is 6.92 Å². The van der Waals surface area contributed by atoms with Gasteiger partial charge in [-0.2, -0.15) is 0 Å². The molecule has 2 aromatic carbocycles. The van der Waals surface area contributed by atoms with Crippen molar-refractivity contribution < 1.29 is 9.53 Å². The molecule has 1 amide bonds. The van der Waals surface area contributed by atoms with E-state index < -0.39 is 0 Å². The second-order valence-corrected chi connectivity index (χ2v) is 7.26. The van der Waals surface area contributed by atoms with Crippen LogP contribution in [0.3, 0.4) is 0 Å². The molecule has 5 nitrogen and oxygen atoms in total. The van der Waals surface area contributed by atoms with Gasteiger partial charge in [-0.25, -0.2) is 4.98 Å². The summed E-state index contributed by atoms with van der Waals surface area (Å²) in [6.07, 6.45) is 4.57. The number of imidazole rings is 1. The number of benzene rings is 2. The summed E-state index contributed by atoms with van der Waals surface area (Å²) in [6, 6.07) is 16.2. The van der Waals surface area contributed by atoms with E-state index in [4.69, 9.17) is 9.72 Å². The molecule has 0 bridgehead atoms. The molecular formula is C22H25N3O2. The summed E-state index contributed by atoms with van der Waals surface area (Å²) in [5.74, 6) is 1.62. The third-order valence-electron chi connectivity index (χ3n) is 5.11. The Morgan fingerprint density at radius 3 is 2.81 bits per heavy atom. The van der Waals surface area contributed by atoms with Crippen LogP contribution in [0.15, 0.2) is 48.5 Å². The predicted molar refractivity (Wildman–Crippen MR) is 106 cm³/mol. The Balaban J connectivity index is 1.54. The predicted octanol–water partition coefficient (Wildman–Crippen LogP) is 3.98. The minimum atomic E-state index is 0.0434. The first-order valence-electron chi connectivity index (χ1n) is 9.62. The molecule has 0 unspecified atom stereocenters. The minimum Gasteiger partial charge on any atom is -0.486 e. The third-order valence-corrected chi connectivity index (χ3v) is 5.11. The van der Waals surface area contributed by atoms with Crippen LogP contribution in [-0.2, 0) is 17.9 Å². The molecule has 1 fully saturated rings. The molecule has 0 atom stereocenters. The Morgan fingerprint density at radius 1 is 1.19 bits per heavy atom. The maximum atomic E-state index is 12.6. The molecule has 1 heterocycles. The van der Waals surface area contributed by atoms with Crippen LogP contribution in [0.5, 0.6) is 5.75 Å². The highest BCUT2D eigenvalue weighted by Crippen LogP contribution is 2.20. The number of carbonyl (C=O) groups is 1. The quantitative estimate of drug-likeness (QED) is 0.721. The van der Waals surface area contributed by atoms with Crippen molar-refractivity contribution in [2.24, 2.45) is 0 Å². The van der Waals surface area contributed by atoms with Crippen LogP contribution < -0.4 is 10.1 Å². The van der Waals surface area contributed by atoms with Crippen molar-refractivity contribution in [3.05, 3.63) is 59.9 Å². The van der Waals surface area contributed by atoms with E-state index in [-0.39, 0.29) is 12.5 Å². The van der Waals surface area contributed by atoms with Crippen molar-refractivity contribution in [3.63, 3.8) is 0 Å². The van der Waals surface area contributed by atoms with Gasteiger partial charge in [0.05, 0.1) is 11.0 Å². The maximum Gasteiger partial charge on any atom is 0.240 e. The Kier molecular flexibility index (Phi) is 5.10. The minimum absolute atomic E-state index is 0.0434. The molecule has 0 aliphatic heterocycles. The summed E-state index contributed by atoms with van der Waals surface area (Å²) in [6.45, 7) is 2.63. The van der Waals surface area contributed by atoms with Crippen molar-refractivity contribution >= 4 is 16.9 Å². The van der Waals surface area contributed by atoms with Gasteiger partial charge in [-0.3, -0.25) is 4.79 Å². The van der Waals surface area contributed by atoms with Gasteiger partial charge >= 0.3 is 0 Å². The number of nitrogens with one attached hydrogen (secondary N) is 1. The summed E-state index contributed by atoms with van der Waals surface area (Å²) < 4.78 is 7.91. The normalized spacial score (nSPS) is 14.6. The summed E-state index contributed by atoms with van der Waals surface area (Å²) >= 11 is 0. The fourth-order valence-corrected chi connectivity index (χ4v) is 3.75. The van der Waals surface area contributed by atoms with Gasteiger partial charge in [0.1, 0.15) is 24.7 Å². The highest BCUT2D eigenvalue weighted by Gasteiger charge is 2.19. The summed E-state index contributed by atoms with van der Waals surface area (Å²) in [4.78, 5) is 17.3. The number of para-hydroxylation sites is 2. The van der Waals surface area contributed by atoms with Crippen molar-refractivity contribution in [1.82, 2.24) is 14.9 Å². The molecular weight excluding hydrogens is 338 g/mol. The Morgan fingerprint density at radius 2 is 2.00 bits per heavy atom. The lowest BCUT2D eigenvalue weighted by molar-refractivity contribution is -0.122. The molecule has 140 valence electrons. The lowest BCUT2D eigenvalue weighted by Gasteiger charge is -2.14. The zero-order valence-electron chi connectivity index (χ0n) is 15.6. The van der Waals surface area contributed by atoms with Gasteiger partial charge in [0, 0.05) is 6.04 Å². The fourth-order valence-electron chi connectivity index (χ4n) is 3.75. The number of carbonyl (C=O) groups excluding carboxylic acids is 1. The van der Waals surface area contributed by atoms with Gasteiger partial charge in [-0.05, 0) is 49.6 Å². The molecule has 1 aliphatic carbocycles. The average Bonchev–Trinajstić information content (AvgIpc) is 3.28. The van der Waals surface area contributed by atoms with Crippen LogP contribution in [-0.4, -0.2) is 21.5 Å². The first-order chi connectivity index (χ1) is 13.2. The highest BCUT2D eigenvalue weighted by molar-refractivity contribution is 5.81. The Bertz CT molecular complexity index is 942. The van der Waals surface area contributed by atoms with E-state index in [9.17, 15) is 4.79 Å².